The molecule has 0 saturated heterocycles. The number of benzene rings is 3. The molecular formula is C28H30Cl3N3O4S. The first-order chi connectivity index (χ1) is 18.2. The molecule has 0 aromatic heterocycles. The lowest BCUT2D eigenvalue weighted by Gasteiger charge is -2.33. The molecule has 0 heterocycles. The SMILES string of the molecule is CC(C(=O)NC(C)(C)C)N(Cc1ccccc1Cl)C(=O)CN(c1ccc(Cl)cc1Cl)S(=O)(=O)c1ccccc1. The Morgan fingerprint density at radius 2 is 1.51 bits per heavy atom. The van der Waals surface area contributed by atoms with E-state index in [2.05, 4.69) is 5.32 Å². The number of hydrogen-bond acceptors (Lipinski definition) is 4. The third kappa shape index (κ3) is 7.88. The minimum Gasteiger partial charge on any atom is -0.350 e. The van der Waals surface area contributed by atoms with E-state index in [4.69, 9.17) is 34.8 Å². The van der Waals surface area contributed by atoms with Crippen molar-refractivity contribution in [3.63, 3.8) is 0 Å². The number of hydrogen-bond donors (Lipinski definition) is 1. The topological polar surface area (TPSA) is 86.8 Å². The number of sulfonamides is 1. The zero-order chi connectivity index (χ0) is 29.0. The van der Waals surface area contributed by atoms with Crippen molar-refractivity contribution in [1.29, 1.82) is 0 Å². The summed E-state index contributed by atoms with van der Waals surface area (Å²) < 4.78 is 28.5. The Morgan fingerprint density at radius 1 is 0.897 bits per heavy atom. The molecule has 0 spiro atoms. The summed E-state index contributed by atoms with van der Waals surface area (Å²) in [6.07, 6.45) is 0. The van der Waals surface area contributed by atoms with Gasteiger partial charge in [0, 0.05) is 22.1 Å². The molecule has 0 fully saturated rings. The van der Waals surface area contributed by atoms with Crippen molar-refractivity contribution in [3.05, 3.63) is 93.4 Å². The Hall–Kier alpha value is -2.78. The van der Waals surface area contributed by atoms with Gasteiger partial charge >= 0.3 is 0 Å². The lowest BCUT2D eigenvalue weighted by molar-refractivity contribution is -0.140. The van der Waals surface area contributed by atoms with Gasteiger partial charge in [0.1, 0.15) is 12.6 Å². The van der Waals surface area contributed by atoms with Gasteiger partial charge in [0.2, 0.25) is 11.8 Å². The van der Waals surface area contributed by atoms with Crippen LogP contribution in [0.3, 0.4) is 0 Å². The molecule has 208 valence electrons. The fourth-order valence-electron chi connectivity index (χ4n) is 3.78. The Morgan fingerprint density at radius 3 is 2.10 bits per heavy atom. The molecule has 39 heavy (non-hydrogen) atoms. The molecule has 7 nitrogen and oxygen atoms in total. The summed E-state index contributed by atoms with van der Waals surface area (Å²) in [6, 6.07) is 18.0. The predicted molar refractivity (Wildman–Crippen MR) is 157 cm³/mol. The van der Waals surface area contributed by atoms with Crippen molar-refractivity contribution in [2.75, 3.05) is 10.8 Å². The average Bonchev–Trinajstić information content (AvgIpc) is 2.86. The van der Waals surface area contributed by atoms with E-state index in [9.17, 15) is 18.0 Å². The lowest BCUT2D eigenvalue weighted by Crippen LogP contribution is -2.54. The highest BCUT2D eigenvalue weighted by atomic mass is 35.5. The molecule has 11 heteroatoms. The first kappa shape index (κ1) is 30.8. The molecule has 3 aromatic rings. The maximum Gasteiger partial charge on any atom is 0.264 e. The molecule has 0 aliphatic heterocycles. The molecule has 0 aliphatic carbocycles. The fraction of sp³-hybridized carbons (Fsp3) is 0.286. The van der Waals surface area contributed by atoms with Gasteiger partial charge in [0.15, 0.2) is 0 Å². The predicted octanol–water partition coefficient (Wildman–Crippen LogP) is 6.17. The molecule has 1 unspecified atom stereocenters. The molecule has 0 bridgehead atoms. The van der Waals surface area contributed by atoms with Gasteiger partial charge in [0.25, 0.3) is 10.0 Å². The average molecular weight is 611 g/mol. The molecule has 2 amide bonds. The zero-order valence-electron chi connectivity index (χ0n) is 22.0. The van der Waals surface area contributed by atoms with Crippen LogP contribution in [0.4, 0.5) is 5.69 Å². The molecule has 0 saturated carbocycles. The van der Waals surface area contributed by atoms with E-state index in [0.717, 1.165) is 4.31 Å². The molecular weight excluding hydrogens is 581 g/mol. The minimum atomic E-state index is -4.24. The van der Waals surface area contributed by atoms with E-state index in [1.165, 1.54) is 35.2 Å². The van der Waals surface area contributed by atoms with Gasteiger partial charge in [-0.15, -0.1) is 0 Å². The van der Waals surface area contributed by atoms with Crippen LogP contribution in [0.15, 0.2) is 77.7 Å². The number of nitrogens with one attached hydrogen (secondary N) is 1. The lowest BCUT2D eigenvalue weighted by atomic mass is 10.1. The number of carbonyl (C=O) groups excluding carboxylic acids is 2. The van der Waals surface area contributed by atoms with Gasteiger partial charge in [-0.05, 0) is 69.7 Å². The van der Waals surface area contributed by atoms with Crippen molar-refractivity contribution in [2.24, 2.45) is 0 Å². The number of halogens is 3. The maximum atomic E-state index is 13.9. The second kappa shape index (κ2) is 12.6. The van der Waals surface area contributed by atoms with Gasteiger partial charge in [0.05, 0.1) is 15.6 Å². The minimum absolute atomic E-state index is 0.0230. The molecule has 1 atom stereocenters. The van der Waals surface area contributed by atoms with E-state index in [1.807, 2.05) is 20.8 Å². The van der Waals surface area contributed by atoms with Crippen molar-refractivity contribution < 1.29 is 18.0 Å². The smallest absolute Gasteiger partial charge is 0.264 e. The third-order valence-corrected chi connectivity index (χ3v) is 8.43. The second-order valence-electron chi connectivity index (χ2n) is 9.95. The van der Waals surface area contributed by atoms with E-state index in [0.29, 0.717) is 15.6 Å². The highest BCUT2D eigenvalue weighted by molar-refractivity contribution is 7.92. The monoisotopic (exact) mass is 609 g/mol. The molecule has 3 aromatic carbocycles. The van der Waals surface area contributed by atoms with Crippen molar-refractivity contribution in [2.45, 2.75) is 50.7 Å². The van der Waals surface area contributed by atoms with E-state index in [-0.39, 0.29) is 22.2 Å². The maximum absolute atomic E-state index is 13.9. The largest absolute Gasteiger partial charge is 0.350 e. The summed E-state index contributed by atoms with van der Waals surface area (Å²) >= 11 is 18.9. The van der Waals surface area contributed by atoms with Crippen LogP contribution in [0.1, 0.15) is 33.3 Å². The highest BCUT2D eigenvalue weighted by Gasteiger charge is 2.34. The van der Waals surface area contributed by atoms with Gasteiger partial charge in [-0.3, -0.25) is 13.9 Å². The first-order valence-corrected chi connectivity index (χ1v) is 14.7. The zero-order valence-corrected chi connectivity index (χ0v) is 25.1. The van der Waals surface area contributed by atoms with Crippen molar-refractivity contribution >= 4 is 62.3 Å². The molecule has 0 radical (unpaired) electrons. The van der Waals surface area contributed by atoms with E-state index >= 15 is 0 Å². The Labute approximate surface area is 244 Å². The molecule has 1 N–H and O–H groups in total. The summed E-state index contributed by atoms with van der Waals surface area (Å²) in [4.78, 5) is 28.4. The summed E-state index contributed by atoms with van der Waals surface area (Å²) in [5, 5.41) is 3.64. The number of amides is 2. The van der Waals surface area contributed by atoms with Crippen molar-refractivity contribution in [3.8, 4) is 0 Å². The Balaban J connectivity index is 2.07. The standard InChI is InChI=1S/C28H30Cl3N3O4S/c1-19(27(36)32-28(2,3)4)33(17-20-10-8-9-13-23(20)30)26(35)18-34(25-15-14-21(29)16-24(25)31)39(37,38)22-11-6-5-7-12-22/h5-16,19H,17-18H2,1-4H3,(H,32,36). The summed E-state index contributed by atoms with van der Waals surface area (Å²) in [5.74, 6) is -1.03. The number of anilines is 1. The first-order valence-electron chi connectivity index (χ1n) is 12.1. The van der Waals surface area contributed by atoms with Gasteiger partial charge in [-0.2, -0.15) is 0 Å². The van der Waals surface area contributed by atoms with Gasteiger partial charge < -0.3 is 10.2 Å². The highest BCUT2D eigenvalue weighted by Crippen LogP contribution is 2.33. The Kier molecular flexibility index (Phi) is 9.93. The summed E-state index contributed by atoms with van der Waals surface area (Å²) in [5.41, 5.74) is 0.122. The number of rotatable bonds is 9. The van der Waals surface area contributed by atoms with E-state index < -0.39 is 40.0 Å². The van der Waals surface area contributed by atoms with E-state index in [1.54, 1.807) is 49.4 Å². The summed E-state index contributed by atoms with van der Waals surface area (Å²) in [7, 11) is -4.24. The van der Waals surface area contributed by atoms with Crippen LogP contribution in [0.2, 0.25) is 15.1 Å². The quantitative estimate of drug-likeness (QED) is 0.314. The summed E-state index contributed by atoms with van der Waals surface area (Å²) in [6.45, 7) is 6.42. The normalized spacial score (nSPS) is 12.5. The molecule has 0 aliphatic rings. The molecule has 3 rings (SSSR count). The van der Waals surface area contributed by atoms with Crippen LogP contribution in [0.25, 0.3) is 0 Å². The van der Waals surface area contributed by atoms with Crippen LogP contribution in [-0.4, -0.2) is 43.3 Å². The Bertz CT molecular complexity index is 1440. The number of nitrogens with zero attached hydrogens (tertiary/aromatic N) is 2. The van der Waals surface area contributed by atoms with Gasteiger partial charge in [-0.25, -0.2) is 8.42 Å². The number of carbonyl (C=O) groups is 2. The van der Waals surface area contributed by atoms with Crippen LogP contribution in [0, 0.1) is 0 Å². The van der Waals surface area contributed by atoms with Crippen LogP contribution >= 0.6 is 34.8 Å². The second-order valence-corrected chi connectivity index (χ2v) is 13.1. The third-order valence-electron chi connectivity index (χ3n) is 5.75. The fourth-order valence-corrected chi connectivity index (χ4v) is 5.99. The van der Waals surface area contributed by atoms with Crippen LogP contribution in [-0.2, 0) is 26.2 Å². The van der Waals surface area contributed by atoms with Crippen LogP contribution < -0.4 is 9.62 Å². The van der Waals surface area contributed by atoms with Crippen molar-refractivity contribution in [1.82, 2.24) is 10.2 Å². The van der Waals surface area contributed by atoms with Gasteiger partial charge in [-0.1, -0.05) is 71.2 Å². The van der Waals surface area contributed by atoms with Crippen LogP contribution in [0.5, 0.6) is 0 Å².